The van der Waals surface area contributed by atoms with Gasteiger partial charge in [0.15, 0.2) is 6.29 Å². The lowest BCUT2D eigenvalue weighted by atomic mass is 9.70. The lowest BCUT2D eigenvalue weighted by Gasteiger charge is -2.30. The number of benzene rings is 7. The molecule has 1 aromatic heterocycles. The van der Waals surface area contributed by atoms with Crippen LogP contribution in [0.15, 0.2) is 188 Å². The minimum Gasteiger partial charge on any atom is -0.310 e. The first-order valence-corrected chi connectivity index (χ1v) is 20.2. The molecule has 0 radical (unpaired) electrons. The minimum absolute atomic E-state index is 0.105. The van der Waals surface area contributed by atoms with Gasteiger partial charge in [-0.15, -0.1) is 0 Å². The van der Waals surface area contributed by atoms with E-state index in [1.807, 2.05) is 0 Å². The Kier molecular flexibility index (Phi) is 6.98. The highest BCUT2D eigenvalue weighted by Gasteiger charge is 2.58. The van der Waals surface area contributed by atoms with Crippen molar-refractivity contribution < 1.29 is 0 Å². The molecule has 274 valence electrons. The lowest BCUT2D eigenvalue weighted by Crippen LogP contribution is -2.32. The van der Waals surface area contributed by atoms with Crippen LogP contribution in [0, 0.1) is 5.41 Å². The summed E-state index contributed by atoms with van der Waals surface area (Å²) in [6.45, 7) is 3.15. The summed E-state index contributed by atoms with van der Waals surface area (Å²) in [6.07, 6.45) is 9.69. The first-order valence-electron chi connectivity index (χ1n) is 20.2. The maximum absolute atomic E-state index is 7.73. The molecule has 4 heteroatoms. The Balaban J connectivity index is 1.05. The number of aromatic nitrogens is 1. The molecule has 57 heavy (non-hydrogen) atoms. The zero-order valence-electron chi connectivity index (χ0n) is 31.9. The Hall–Kier alpha value is -6.30. The lowest BCUT2D eigenvalue weighted by molar-refractivity contribution is 0.184. The molecule has 0 saturated carbocycles. The van der Waals surface area contributed by atoms with E-state index in [1.54, 1.807) is 0 Å². The van der Waals surface area contributed by atoms with Crippen LogP contribution in [0.25, 0.3) is 55.2 Å². The second-order valence-corrected chi connectivity index (χ2v) is 16.5. The van der Waals surface area contributed by atoms with Crippen LogP contribution in [-0.2, 0) is 12.0 Å². The molecule has 8 aromatic rings. The summed E-state index contributed by atoms with van der Waals surface area (Å²) in [5, 5.41) is 7.41. The SMILES string of the molecule is CC1(C2N(C(N)n3c4ccccc4c4cc5c(cc43)C3(c4ccccc4-c4ccccc43)c3ccccc3-5)[N@]2Cc2cccc(-c3ccccc3)c2)C=CC=CC1. The van der Waals surface area contributed by atoms with Crippen LogP contribution >= 0.6 is 0 Å². The van der Waals surface area contributed by atoms with Crippen LogP contribution in [0.5, 0.6) is 0 Å². The molecule has 2 heterocycles. The Morgan fingerprint density at radius 1 is 0.579 bits per heavy atom. The average Bonchev–Trinajstić information content (AvgIpc) is 3.66. The summed E-state index contributed by atoms with van der Waals surface area (Å²) in [7, 11) is 0. The van der Waals surface area contributed by atoms with E-state index in [1.165, 1.54) is 72.0 Å². The number of nitrogens with zero attached hydrogens (tertiary/aromatic N) is 3. The van der Waals surface area contributed by atoms with E-state index in [4.69, 9.17) is 5.73 Å². The Bertz CT molecular complexity index is 2940. The summed E-state index contributed by atoms with van der Waals surface area (Å²) in [4.78, 5) is 0. The van der Waals surface area contributed by atoms with E-state index >= 15 is 0 Å². The number of hydrogen-bond acceptors (Lipinski definition) is 3. The second kappa shape index (κ2) is 12.1. The standard InChI is InChI=1S/C53H42N4/c1-52(29-14-3-15-30-52)50-55(34-35-17-16-20-37(31-35)36-18-4-2-5-19-36)57(50)51(54)56-48-28-13-9-24-41(48)43-32-42-40-23-8-12-27-46(40)53(47(42)33-49(43)56)44-25-10-6-21-38(44)39-22-7-11-26-45(39)53/h2-29,31-33,50-51H,30,34,54H2,1H3/t50?,51?,52?,55-,57?/m1/s1. The third-order valence-corrected chi connectivity index (χ3v) is 13.4. The monoisotopic (exact) mass is 734 g/mol. The number of nitrogens with two attached hydrogens (primary N) is 1. The van der Waals surface area contributed by atoms with Gasteiger partial charge >= 0.3 is 0 Å². The number of para-hydroxylation sites is 1. The number of fused-ring (bicyclic) bond motifs is 13. The first-order chi connectivity index (χ1) is 28.1. The molecule has 4 aliphatic rings. The maximum atomic E-state index is 7.73. The van der Waals surface area contributed by atoms with Crippen molar-refractivity contribution in [2.75, 3.05) is 0 Å². The first kappa shape index (κ1) is 32.9. The topological polar surface area (TPSA) is 37.0 Å². The summed E-state index contributed by atoms with van der Waals surface area (Å²) >= 11 is 0. The van der Waals surface area contributed by atoms with Gasteiger partial charge in [0.05, 0.1) is 16.4 Å². The molecule has 1 aliphatic heterocycles. The van der Waals surface area contributed by atoms with Crippen molar-refractivity contribution in [3.63, 3.8) is 0 Å². The second-order valence-electron chi connectivity index (χ2n) is 16.5. The highest BCUT2D eigenvalue weighted by atomic mass is 15.9. The van der Waals surface area contributed by atoms with Crippen molar-refractivity contribution in [3.05, 3.63) is 216 Å². The highest BCUT2D eigenvalue weighted by molar-refractivity contribution is 6.11. The summed E-state index contributed by atoms with van der Waals surface area (Å²) in [6, 6.07) is 60.6. The van der Waals surface area contributed by atoms with Gasteiger partial charge in [0.2, 0.25) is 0 Å². The minimum atomic E-state index is -0.438. The van der Waals surface area contributed by atoms with Crippen LogP contribution in [0.3, 0.4) is 0 Å². The fourth-order valence-electron chi connectivity index (χ4n) is 10.9. The quantitative estimate of drug-likeness (QED) is 0.173. The molecule has 3 aliphatic carbocycles. The number of allylic oxidation sites excluding steroid dienone is 3. The predicted octanol–water partition coefficient (Wildman–Crippen LogP) is 11.8. The van der Waals surface area contributed by atoms with Crippen LogP contribution in [-0.4, -0.2) is 20.8 Å². The van der Waals surface area contributed by atoms with E-state index in [0.717, 1.165) is 24.0 Å². The molecule has 12 rings (SSSR count). The molecular formula is C53H42N4. The molecule has 5 atom stereocenters. The van der Waals surface area contributed by atoms with Crippen molar-refractivity contribution in [2.24, 2.45) is 11.1 Å². The molecule has 0 amide bonds. The average molecular weight is 735 g/mol. The fourth-order valence-corrected chi connectivity index (χ4v) is 10.9. The van der Waals surface area contributed by atoms with Crippen molar-refractivity contribution in [2.45, 2.75) is 37.8 Å². The number of hydrazine groups is 1. The van der Waals surface area contributed by atoms with Gasteiger partial charge < -0.3 is 4.57 Å². The molecule has 1 fully saturated rings. The van der Waals surface area contributed by atoms with E-state index < -0.39 is 11.7 Å². The van der Waals surface area contributed by atoms with Gasteiger partial charge in [-0.3, -0.25) is 5.73 Å². The van der Waals surface area contributed by atoms with E-state index in [-0.39, 0.29) is 11.6 Å². The van der Waals surface area contributed by atoms with Gasteiger partial charge in [-0.2, -0.15) is 5.01 Å². The predicted molar refractivity (Wildman–Crippen MR) is 233 cm³/mol. The summed E-state index contributed by atoms with van der Waals surface area (Å²) in [5.41, 5.74) is 23.9. The largest absolute Gasteiger partial charge is 0.310 e. The van der Waals surface area contributed by atoms with Gasteiger partial charge in [-0.1, -0.05) is 171 Å². The molecule has 7 aromatic carbocycles. The van der Waals surface area contributed by atoms with Crippen molar-refractivity contribution >= 4 is 21.8 Å². The molecule has 1 saturated heterocycles. The Morgan fingerprint density at radius 2 is 1.21 bits per heavy atom. The zero-order chi connectivity index (χ0) is 37.9. The fraction of sp³-hybridized carbons (Fsp3) is 0.132. The van der Waals surface area contributed by atoms with Crippen molar-refractivity contribution in [3.8, 4) is 33.4 Å². The van der Waals surface area contributed by atoms with Gasteiger partial charge in [-0.05, 0) is 91.9 Å². The van der Waals surface area contributed by atoms with Gasteiger partial charge in [0, 0.05) is 22.7 Å². The molecule has 1 spiro atoms. The Morgan fingerprint density at radius 3 is 1.91 bits per heavy atom. The number of hydrogen-bond donors (Lipinski definition) is 1. The van der Waals surface area contributed by atoms with Gasteiger partial charge in [0.1, 0.15) is 6.17 Å². The third kappa shape index (κ3) is 4.55. The smallest absolute Gasteiger partial charge is 0.153 e. The summed E-state index contributed by atoms with van der Waals surface area (Å²) in [5.74, 6) is 0. The number of rotatable bonds is 6. The Labute approximate surface area is 333 Å². The summed E-state index contributed by atoms with van der Waals surface area (Å²) < 4.78 is 2.42. The van der Waals surface area contributed by atoms with Crippen molar-refractivity contribution in [1.29, 1.82) is 0 Å². The van der Waals surface area contributed by atoms with Crippen LogP contribution in [0.2, 0.25) is 0 Å². The van der Waals surface area contributed by atoms with E-state index in [2.05, 4.69) is 210 Å². The van der Waals surface area contributed by atoms with Gasteiger partial charge in [0.25, 0.3) is 0 Å². The normalized spacial score (nSPS) is 22.4. The molecule has 4 unspecified atom stereocenters. The molecule has 0 bridgehead atoms. The van der Waals surface area contributed by atoms with E-state index in [0.29, 0.717) is 0 Å². The van der Waals surface area contributed by atoms with Crippen molar-refractivity contribution in [1.82, 2.24) is 14.6 Å². The third-order valence-electron chi connectivity index (χ3n) is 13.4. The van der Waals surface area contributed by atoms with Crippen LogP contribution < -0.4 is 5.73 Å². The van der Waals surface area contributed by atoms with E-state index in [9.17, 15) is 0 Å². The molecule has 2 N–H and O–H groups in total. The van der Waals surface area contributed by atoms with Gasteiger partial charge in [-0.25, -0.2) is 5.01 Å². The molecule has 4 nitrogen and oxygen atoms in total. The zero-order valence-corrected chi connectivity index (χ0v) is 31.9. The van der Waals surface area contributed by atoms with Crippen LogP contribution in [0.1, 0.15) is 47.5 Å². The molecular weight excluding hydrogens is 693 g/mol. The maximum Gasteiger partial charge on any atom is 0.153 e. The van der Waals surface area contributed by atoms with Crippen LogP contribution in [0.4, 0.5) is 0 Å². The highest BCUT2D eigenvalue weighted by Crippen LogP contribution is 2.63.